The third-order valence-electron chi connectivity index (χ3n) is 15.5. The van der Waals surface area contributed by atoms with Gasteiger partial charge in [-0.15, -0.1) is 0 Å². The summed E-state index contributed by atoms with van der Waals surface area (Å²) >= 11 is 41.8. The quantitative estimate of drug-likeness (QED) is 0.0451. The van der Waals surface area contributed by atoms with Crippen molar-refractivity contribution in [2.75, 3.05) is 21.3 Å². The van der Waals surface area contributed by atoms with Crippen LogP contribution in [0.5, 0.6) is 69.0 Å². The van der Waals surface area contributed by atoms with Gasteiger partial charge in [-0.3, -0.25) is 19.2 Å². The SMILES string of the molecule is O=C(Nc1ccccc1Oc1ccc2ccccc2c1)c1cc(Cl)ccc1O.O=C(Nc1ccccc1Oc1cccc2ccccc12)c1cc(Cl)ccc1O.O=C(Nc1ccccc1Oc1ccccc1Cl)c1cc(Cl)cc(Cl)c1O.O=C(Nc1ccccc1Oc1ccccc1Cl)c1cc(Cl)ccc1O. The Balaban J connectivity index is 0.000000142. The molecule has 0 radical (unpaired) electrons. The number of benzene rings is 14. The molecule has 0 aromatic heterocycles. The standard InChI is InChI=1S/2C23H16ClNO3.C19H12Cl3NO3.C19H13Cl2NO3/c24-16-12-13-20(26)18(14-16)23(27)25-19-9-3-4-10-22(19)28-21-11-5-7-15-6-1-2-8-17(15)21;24-17-10-12-21(26)19(14-17)23(27)25-20-7-3-4-8-22(20)28-18-11-9-15-5-1-2-6-16(15)13-18;20-11-9-12(18(24)14(22)10-11)19(25)23-15-6-2-4-8-17(15)26-16-7-3-1-5-13(16)21;20-12-9-10-16(23)13(11-12)19(24)22-15-6-2-4-8-18(15)25-17-7-3-1-5-14(17)21/h2*1-14,26H,(H,25,27);1-10,24H,(H,23,25);1-11,23H,(H,22,24). The largest absolute Gasteiger partial charge is 0.507 e. The van der Waals surface area contributed by atoms with Crippen molar-refractivity contribution >= 4 is 149 Å². The highest BCUT2D eigenvalue weighted by Crippen LogP contribution is 2.40. The molecule has 0 atom stereocenters. The molecule has 0 fully saturated rings. The van der Waals surface area contributed by atoms with Gasteiger partial charge < -0.3 is 60.6 Å². The maximum atomic E-state index is 12.6. The number of carbonyl (C=O) groups is 4. The Bertz CT molecular complexity index is 5600. The number of anilines is 4. The van der Waals surface area contributed by atoms with Crippen LogP contribution < -0.4 is 40.2 Å². The number of phenols is 4. The van der Waals surface area contributed by atoms with Crippen LogP contribution in [0.1, 0.15) is 41.4 Å². The number of aromatic hydroxyl groups is 4. The predicted octanol–water partition coefficient (Wildman–Crippen LogP) is 24.6. The van der Waals surface area contributed by atoms with Crippen LogP contribution in [0.3, 0.4) is 0 Å². The zero-order valence-electron chi connectivity index (χ0n) is 55.5. The molecule has 14 aromatic rings. The number of hydrogen-bond donors (Lipinski definition) is 8. The molecule has 16 nitrogen and oxygen atoms in total. The number of ether oxygens (including phenoxy) is 4. The zero-order chi connectivity index (χ0) is 75.5. The fourth-order valence-electron chi connectivity index (χ4n) is 10.3. The summed E-state index contributed by atoms with van der Waals surface area (Å²) in [5.74, 6) is 1.22. The Morgan fingerprint density at radius 3 is 1.02 bits per heavy atom. The maximum Gasteiger partial charge on any atom is 0.259 e. The van der Waals surface area contributed by atoms with Gasteiger partial charge in [0.05, 0.1) is 60.1 Å². The molecule has 0 bridgehead atoms. The Morgan fingerprint density at radius 1 is 0.252 bits per heavy atom. The van der Waals surface area contributed by atoms with Crippen molar-refractivity contribution in [2.24, 2.45) is 0 Å². The first-order chi connectivity index (χ1) is 51.7. The lowest BCUT2D eigenvalue weighted by Crippen LogP contribution is -2.13. The fourth-order valence-corrected chi connectivity index (χ4v) is 11.6. The second-order valence-corrected chi connectivity index (χ2v) is 25.8. The summed E-state index contributed by atoms with van der Waals surface area (Å²) in [6, 6.07) is 85.1. The van der Waals surface area contributed by atoms with Gasteiger partial charge >= 0.3 is 0 Å². The zero-order valence-corrected chi connectivity index (χ0v) is 60.8. The third kappa shape index (κ3) is 20.3. The molecule has 4 amide bonds. The minimum absolute atomic E-state index is 0.0109. The van der Waals surface area contributed by atoms with E-state index < -0.39 is 23.6 Å². The van der Waals surface area contributed by atoms with Crippen molar-refractivity contribution in [3.8, 4) is 69.0 Å². The van der Waals surface area contributed by atoms with Crippen LogP contribution in [0, 0.1) is 0 Å². The lowest BCUT2D eigenvalue weighted by Gasteiger charge is -2.14. The lowest BCUT2D eigenvalue weighted by molar-refractivity contribution is 0.101. The molecule has 107 heavy (non-hydrogen) atoms. The second-order valence-electron chi connectivity index (χ2n) is 22.8. The van der Waals surface area contributed by atoms with Crippen LogP contribution in [-0.2, 0) is 0 Å². The van der Waals surface area contributed by atoms with E-state index in [9.17, 15) is 39.6 Å². The average molecular weight is 1560 g/mol. The van der Waals surface area contributed by atoms with Gasteiger partial charge in [-0.05, 0) is 174 Å². The molecule has 0 saturated carbocycles. The monoisotopic (exact) mass is 1560 g/mol. The molecular weight excluding hydrogens is 1510 g/mol. The van der Waals surface area contributed by atoms with Crippen LogP contribution >= 0.6 is 81.2 Å². The van der Waals surface area contributed by atoms with E-state index in [1.54, 1.807) is 133 Å². The predicted molar refractivity (Wildman–Crippen MR) is 426 cm³/mol. The Hall–Kier alpha value is -12.1. The lowest BCUT2D eigenvalue weighted by atomic mass is 10.1. The molecule has 23 heteroatoms. The molecule has 0 heterocycles. The number of phenolic OH excluding ortho intramolecular Hbond substituents is 4. The summed E-state index contributed by atoms with van der Waals surface area (Å²) < 4.78 is 23.7. The molecule has 0 aliphatic carbocycles. The van der Waals surface area contributed by atoms with Gasteiger partial charge in [0.2, 0.25) is 0 Å². The Labute approximate surface area is 647 Å². The van der Waals surface area contributed by atoms with Crippen molar-refractivity contribution in [1.29, 1.82) is 0 Å². The van der Waals surface area contributed by atoms with Crippen LogP contribution in [-0.4, -0.2) is 44.1 Å². The van der Waals surface area contributed by atoms with Gasteiger partial charge in [0.25, 0.3) is 23.6 Å². The number of carbonyl (C=O) groups excluding carboxylic acids is 4. The van der Waals surface area contributed by atoms with Crippen LogP contribution in [0.4, 0.5) is 22.7 Å². The summed E-state index contributed by atoms with van der Waals surface area (Å²) in [5.41, 5.74) is 2.01. The summed E-state index contributed by atoms with van der Waals surface area (Å²) in [4.78, 5) is 50.2. The highest BCUT2D eigenvalue weighted by atomic mass is 35.5. The fraction of sp³-hybridized carbons (Fsp3) is 0. The summed E-state index contributed by atoms with van der Waals surface area (Å²) in [5, 5.41) is 57.1. The van der Waals surface area contributed by atoms with E-state index in [0.29, 0.717) is 93.9 Å². The van der Waals surface area contributed by atoms with Crippen LogP contribution in [0.25, 0.3) is 21.5 Å². The van der Waals surface area contributed by atoms with Gasteiger partial charge in [0.15, 0.2) is 23.0 Å². The van der Waals surface area contributed by atoms with Crippen molar-refractivity contribution in [2.45, 2.75) is 0 Å². The average Bonchev–Trinajstić information content (AvgIpc) is 0.858. The number of hydrogen-bond acceptors (Lipinski definition) is 12. The minimum Gasteiger partial charge on any atom is -0.507 e. The first-order valence-corrected chi connectivity index (χ1v) is 34.8. The Morgan fingerprint density at radius 2 is 0.579 bits per heavy atom. The van der Waals surface area contributed by atoms with Crippen molar-refractivity contribution in [1.82, 2.24) is 0 Å². The molecule has 0 saturated heterocycles. The normalized spacial score (nSPS) is 10.5. The number of rotatable bonds is 16. The molecular formula is C84H57Cl7N4O12. The second kappa shape index (κ2) is 36.1. The molecule has 0 aliphatic rings. The smallest absolute Gasteiger partial charge is 0.259 e. The first kappa shape index (κ1) is 76.1. The van der Waals surface area contributed by atoms with Gasteiger partial charge in [0.1, 0.15) is 46.0 Å². The molecule has 8 N–H and O–H groups in total. The molecule has 14 rings (SSSR count). The number of nitrogens with one attached hydrogen (secondary N) is 4. The van der Waals surface area contributed by atoms with E-state index in [1.807, 2.05) is 97.1 Å². The molecule has 0 aliphatic heterocycles. The van der Waals surface area contributed by atoms with Gasteiger partial charge in [0, 0.05) is 25.5 Å². The highest BCUT2D eigenvalue weighted by Gasteiger charge is 2.21. The summed E-state index contributed by atoms with van der Waals surface area (Å²) in [6.07, 6.45) is 0. The number of fused-ring (bicyclic) bond motifs is 2. The molecule has 14 aromatic carbocycles. The topological polar surface area (TPSA) is 234 Å². The van der Waals surface area contributed by atoms with E-state index in [4.69, 9.17) is 100 Å². The number of halogens is 7. The van der Waals surface area contributed by atoms with E-state index in [0.717, 1.165) is 21.5 Å². The highest BCUT2D eigenvalue weighted by molar-refractivity contribution is 6.37. The van der Waals surface area contributed by atoms with E-state index >= 15 is 0 Å². The Kier molecular flexibility index (Phi) is 25.6. The molecule has 534 valence electrons. The van der Waals surface area contributed by atoms with Crippen molar-refractivity contribution in [3.05, 3.63) is 355 Å². The minimum atomic E-state index is -0.581. The van der Waals surface area contributed by atoms with E-state index in [-0.39, 0.29) is 55.3 Å². The molecule has 0 spiro atoms. The van der Waals surface area contributed by atoms with Gasteiger partial charge in [-0.25, -0.2) is 0 Å². The van der Waals surface area contributed by atoms with Crippen molar-refractivity contribution in [3.63, 3.8) is 0 Å². The van der Waals surface area contributed by atoms with Crippen LogP contribution in [0.2, 0.25) is 35.2 Å². The van der Waals surface area contributed by atoms with Gasteiger partial charge in [-0.1, -0.05) is 221 Å². The van der Waals surface area contributed by atoms with Gasteiger partial charge in [-0.2, -0.15) is 0 Å². The van der Waals surface area contributed by atoms with E-state index in [1.165, 1.54) is 66.7 Å². The third-order valence-corrected chi connectivity index (χ3v) is 17.3. The number of amides is 4. The summed E-state index contributed by atoms with van der Waals surface area (Å²) in [6.45, 7) is 0. The number of para-hydroxylation sites is 10. The van der Waals surface area contributed by atoms with Crippen LogP contribution in [0.15, 0.2) is 297 Å². The van der Waals surface area contributed by atoms with E-state index in [2.05, 4.69) is 21.3 Å². The van der Waals surface area contributed by atoms with Crippen molar-refractivity contribution < 1.29 is 58.6 Å². The first-order valence-electron chi connectivity index (χ1n) is 32.1. The maximum absolute atomic E-state index is 12.6. The summed E-state index contributed by atoms with van der Waals surface area (Å²) in [7, 11) is 0. The molecule has 0 unspecified atom stereocenters.